The van der Waals surface area contributed by atoms with Gasteiger partial charge in [0.1, 0.15) is 5.69 Å². The third-order valence-corrected chi connectivity index (χ3v) is 4.81. The molecule has 2 N–H and O–H groups in total. The minimum Gasteiger partial charge on any atom is -0.326 e. The zero-order valence-corrected chi connectivity index (χ0v) is 15.8. The molecule has 0 aliphatic heterocycles. The van der Waals surface area contributed by atoms with Crippen LogP contribution in [0.4, 0.5) is 10.8 Å². The standard InChI is InChI=1S/C21H16N4O2S/c1-13(26)22-16-9-6-15(7-10-16)19-12-28-21(24-19)25-20(27)18-11-8-14-4-2-3-5-17(14)23-18/h2-12H,1H3,(H,22,26)(H,24,25,27). The number of carbonyl (C=O) groups excluding carboxylic acids is 2. The first-order valence-corrected chi connectivity index (χ1v) is 9.47. The smallest absolute Gasteiger partial charge is 0.276 e. The summed E-state index contributed by atoms with van der Waals surface area (Å²) in [6, 6.07) is 18.6. The van der Waals surface area contributed by atoms with Gasteiger partial charge in [-0.1, -0.05) is 36.4 Å². The molecule has 0 fully saturated rings. The van der Waals surface area contributed by atoms with Gasteiger partial charge in [-0.3, -0.25) is 14.9 Å². The predicted octanol–water partition coefficient (Wildman–Crippen LogP) is 4.57. The fourth-order valence-electron chi connectivity index (χ4n) is 2.74. The van der Waals surface area contributed by atoms with E-state index in [0.29, 0.717) is 10.8 Å². The molecule has 0 saturated heterocycles. The normalized spacial score (nSPS) is 10.6. The summed E-state index contributed by atoms with van der Waals surface area (Å²) in [7, 11) is 0. The molecule has 4 rings (SSSR count). The van der Waals surface area contributed by atoms with Crippen molar-refractivity contribution in [1.29, 1.82) is 0 Å². The van der Waals surface area contributed by atoms with Crippen LogP contribution in [0.15, 0.2) is 66.0 Å². The summed E-state index contributed by atoms with van der Waals surface area (Å²) in [5.41, 5.74) is 3.49. The maximum atomic E-state index is 12.5. The van der Waals surface area contributed by atoms with Crippen LogP contribution in [0.5, 0.6) is 0 Å². The van der Waals surface area contributed by atoms with E-state index in [2.05, 4.69) is 20.6 Å². The van der Waals surface area contributed by atoms with E-state index in [1.54, 1.807) is 6.07 Å². The lowest BCUT2D eigenvalue weighted by molar-refractivity contribution is -0.114. The average molecular weight is 388 g/mol. The number of nitrogens with one attached hydrogen (secondary N) is 2. The molecule has 2 amide bonds. The number of para-hydroxylation sites is 1. The van der Waals surface area contributed by atoms with Crippen molar-refractivity contribution in [1.82, 2.24) is 9.97 Å². The number of benzene rings is 2. The number of carbonyl (C=O) groups is 2. The van der Waals surface area contributed by atoms with Crippen LogP contribution in [0.1, 0.15) is 17.4 Å². The highest BCUT2D eigenvalue weighted by atomic mass is 32.1. The quantitative estimate of drug-likeness (QED) is 0.536. The first-order chi connectivity index (χ1) is 13.6. The van der Waals surface area contributed by atoms with Crippen molar-refractivity contribution in [2.24, 2.45) is 0 Å². The Morgan fingerprint density at radius 1 is 0.893 bits per heavy atom. The number of nitrogens with zero attached hydrogens (tertiary/aromatic N) is 2. The second-order valence-electron chi connectivity index (χ2n) is 6.14. The van der Waals surface area contributed by atoms with Crippen LogP contribution in [0.2, 0.25) is 0 Å². The Hall–Kier alpha value is -3.58. The van der Waals surface area contributed by atoms with Gasteiger partial charge in [-0.05, 0) is 24.3 Å². The van der Waals surface area contributed by atoms with Gasteiger partial charge < -0.3 is 5.32 Å². The molecular weight excluding hydrogens is 372 g/mol. The minimum atomic E-state index is -0.298. The van der Waals surface area contributed by atoms with Gasteiger partial charge in [-0.15, -0.1) is 11.3 Å². The first-order valence-electron chi connectivity index (χ1n) is 8.59. The number of anilines is 2. The van der Waals surface area contributed by atoms with Crippen molar-refractivity contribution in [3.05, 3.63) is 71.7 Å². The Morgan fingerprint density at radius 3 is 2.46 bits per heavy atom. The molecule has 0 aliphatic carbocycles. The van der Waals surface area contributed by atoms with Crippen molar-refractivity contribution < 1.29 is 9.59 Å². The molecule has 0 bridgehead atoms. The summed E-state index contributed by atoms with van der Waals surface area (Å²) < 4.78 is 0. The Morgan fingerprint density at radius 2 is 1.68 bits per heavy atom. The van der Waals surface area contributed by atoms with Crippen LogP contribution >= 0.6 is 11.3 Å². The van der Waals surface area contributed by atoms with E-state index in [1.807, 2.05) is 60.0 Å². The molecule has 4 aromatic rings. The number of fused-ring (bicyclic) bond motifs is 1. The molecule has 2 aromatic heterocycles. The SMILES string of the molecule is CC(=O)Nc1ccc(-c2csc(NC(=O)c3ccc4ccccc4n3)n2)cc1. The Bertz CT molecular complexity index is 1170. The lowest BCUT2D eigenvalue weighted by Crippen LogP contribution is -2.13. The summed E-state index contributed by atoms with van der Waals surface area (Å²) in [6.07, 6.45) is 0. The van der Waals surface area contributed by atoms with Gasteiger partial charge in [0.15, 0.2) is 5.13 Å². The van der Waals surface area contributed by atoms with E-state index in [-0.39, 0.29) is 11.8 Å². The molecule has 0 unspecified atom stereocenters. The molecule has 28 heavy (non-hydrogen) atoms. The Kier molecular flexibility index (Phi) is 4.82. The number of pyridine rings is 1. The molecule has 0 aliphatic rings. The van der Waals surface area contributed by atoms with E-state index in [1.165, 1.54) is 18.3 Å². The van der Waals surface area contributed by atoms with Gasteiger partial charge in [0.25, 0.3) is 5.91 Å². The van der Waals surface area contributed by atoms with Crippen LogP contribution in [0, 0.1) is 0 Å². The van der Waals surface area contributed by atoms with Gasteiger partial charge in [0, 0.05) is 28.9 Å². The minimum absolute atomic E-state index is 0.117. The van der Waals surface area contributed by atoms with Gasteiger partial charge in [0.2, 0.25) is 5.91 Å². The highest BCUT2D eigenvalue weighted by Crippen LogP contribution is 2.26. The van der Waals surface area contributed by atoms with Crippen molar-refractivity contribution in [2.75, 3.05) is 10.6 Å². The van der Waals surface area contributed by atoms with Gasteiger partial charge in [-0.25, -0.2) is 9.97 Å². The molecule has 0 spiro atoms. The van der Waals surface area contributed by atoms with Gasteiger partial charge >= 0.3 is 0 Å². The molecule has 138 valence electrons. The predicted molar refractivity (Wildman–Crippen MR) is 112 cm³/mol. The van der Waals surface area contributed by atoms with Crippen LogP contribution in [0.25, 0.3) is 22.2 Å². The topological polar surface area (TPSA) is 84.0 Å². The van der Waals surface area contributed by atoms with E-state index >= 15 is 0 Å². The maximum Gasteiger partial charge on any atom is 0.276 e. The fourth-order valence-corrected chi connectivity index (χ4v) is 3.46. The summed E-state index contributed by atoms with van der Waals surface area (Å²) in [5, 5.41) is 8.88. The van der Waals surface area contributed by atoms with Crippen LogP contribution in [-0.4, -0.2) is 21.8 Å². The highest BCUT2D eigenvalue weighted by molar-refractivity contribution is 7.14. The van der Waals surface area contributed by atoms with Crippen LogP contribution in [-0.2, 0) is 4.79 Å². The molecule has 6 nitrogen and oxygen atoms in total. The molecule has 0 saturated carbocycles. The summed E-state index contributed by atoms with van der Waals surface area (Å²) in [6.45, 7) is 1.47. The van der Waals surface area contributed by atoms with E-state index < -0.39 is 0 Å². The number of thiazole rings is 1. The van der Waals surface area contributed by atoms with Crippen molar-refractivity contribution in [2.45, 2.75) is 6.92 Å². The van der Waals surface area contributed by atoms with Crippen molar-refractivity contribution >= 4 is 44.9 Å². The van der Waals surface area contributed by atoms with Crippen LogP contribution in [0.3, 0.4) is 0 Å². The van der Waals surface area contributed by atoms with Gasteiger partial charge in [-0.2, -0.15) is 0 Å². The molecular formula is C21H16N4O2S. The van der Waals surface area contributed by atoms with Crippen molar-refractivity contribution in [3.8, 4) is 11.3 Å². The molecule has 0 radical (unpaired) electrons. The van der Waals surface area contributed by atoms with Crippen LogP contribution < -0.4 is 10.6 Å². The number of rotatable bonds is 4. The second kappa shape index (κ2) is 7.58. The van der Waals surface area contributed by atoms with E-state index in [0.717, 1.165) is 27.8 Å². The largest absolute Gasteiger partial charge is 0.326 e. The molecule has 2 heterocycles. The summed E-state index contributed by atoms with van der Waals surface area (Å²) >= 11 is 1.35. The molecule has 7 heteroatoms. The summed E-state index contributed by atoms with van der Waals surface area (Å²) in [4.78, 5) is 32.5. The zero-order valence-electron chi connectivity index (χ0n) is 15.0. The lowest BCUT2D eigenvalue weighted by Gasteiger charge is -2.03. The first kappa shape index (κ1) is 17.8. The Labute approximate surface area is 165 Å². The number of hydrogen-bond donors (Lipinski definition) is 2. The molecule has 0 atom stereocenters. The third kappa shape index (κ3) is 3.89. The zero-order chi connectivity index (χ0) is 19.5. The fraction of sp³-hybridized carbons (Fsp3) is 0.0476. The molecule has 2 aromatic carbocycles. The number of amides is 2. The van der Waals surface area contributed by atoms with E-state index in [9.17, 15) is 9.59 Å². The number of aromatic nitrogens is 2. The van der Waals surface area contributed by atoms with E-state index in [4.69, 9.17) is 0 Å². The Balaban J connectivity index is 1.49. The second-order valence-corrected chi connectivity index (χ2v) is 7.00. The lowest BCUT2D eigenvalue weighted by atomic mass is 10.1. The van der Waals surface area contributed by atoms with Gasteiger partial charge in [0.05, 0.1) is 11.2 Å². The monoisotopic (exact) mass is 388 g/mol. The summed E-state index contributed by atoms with van der Waals surface area (Å²) in [5.74, 6) is -0.415. The maximum absolute atomic E-state index is 12.5. The number of hydrogen-bond acceptors (Lipinski definition) is 5. The third-order valence-electron chi connectivity index (χ3n) is 4.06. The highest BCUT2D eigenvalue weighted by Gasteiger charge is 2.12. The van der Waals surface area contributed by atoms with Crippen molar-refractivity contribution in [3.63, 3.8) is 0 Å². The average Bonchev–Trinajstić information content (AvgIpc) is 3.16.